The monoisotopic (exact) mass is 368 g/mol. The van der Waals surface area contributed by atoms with E-state index < -0.39 is 5.91 Å². The number of anilines is 2. The maximum absolute atomic E-state index is 12.5. The van der Waals surface area contributed by atoms with Gasteiger partial charge in [0.15, 0.2) is 0 Å². The van der Waals surface area contributed by atoms with Gasteiger partial charge in [0.05, 0.1) is 0 Å². The van der Waals surface area contributed by atoms with Gasteiger partial charge < -0.3 is 15.5 Å². The van der Waals surface area contributed by atoms with Crippen LogP contribution in [-0.4, -0.2) is 41.2 Å². The number of hydrogen-bond acceptors (Lipinski definition) is 4. The van der Waals surface area contributed by atoms with Gasteiger partial charge in [0.25, 0.3) is 11.8 Å². The van der Waals surface area contributed by atoms with E-state index in [1.165, 1.54) is 6.92 Å². The third kappa shape index (κ3) is 5.91. The maximum atomic E-state index is 12.5. The number of nitrogens with one attached hydrogen (secondary N) is 2. The molecule has 7 nitrogen and oxygen atoms in total. The highest BCUT2D eigenvalue weighted by atomic mass is 16.2. The number of carbonyl (C=O) groups excluding carboxylic acids is 3. The Morgan fingerprint density at radius 1 is 1.00 bits per heavy atom. The molecule has 142 valence electrons. The molecule has 0 spiro atoms. The van der Waals surface area contributed by atoms with Crippen molar-refractivity contribution in [1.29, 1.82) is 0 Å². The van der Waals surface area contributed by atoms with Crippen LogP contribution in [0.15, 0.2) is 42.5 Å². The highest BCUT2D eigenvalue weighted by molar-refractivity contribution is 6.04. The van der Waals surface area contributed by atoms with E-state index in [1.54, 1.807) is 54.4 Å². The van der Waals surface area contributed by atoms with Crippen LogP contribution in [0, 0.1) is 0 Å². The summed E-state index contributed by atoms with van der Waals surface area (Å²) in [6, 6.07) is 11.6. The summed E-state index contributed by atoms with van der Waals surface area (Å²) < 4.78 is 0. The highest BCUT2D eigenvalue weighted by Gasteiger charge is 2.15. The number of unbranched alkanes of at least 4 members (excludes halogenated alkanes) is 1. The summed E-state index contributed by atoms with van der Waals surface area (Å²) in [5, 5.41) is 5.38. The standard InChI is InChI=1S/C20H24N4O3/c1-4-5-12-24(3)20(27)18-11-7-10-17(23-18)19(26)22-16-9-6-8-15(13-16)21-14(2)25/h6-11,13H,4-5,12H2,1-3H3,(H,21,25)(H,22,26). The van der Waals surface area contributed by atoms with Crippen LogP contribution in [0.1, 0.15) is 47.7 Å². The Hall–Kier alpha value is -3.22. The van der Waals surface area contributed by atoms with Gasteiger partial charge in [-0.05, 0) is 36.8 Å². The molecule has 0 saturated carbocycles. The zero-order valence-corrected chi connectivity index (χ0v) is 15.8. The van der Waals surface area contributed by atoms with Gasteiger partial charge in [-0.2, -0.15) is 0 Å². The third-order valence-electron chi connectivity index (χ3n) is 3.84. The largest absolute Gasteiger partial charge is 0.340 e. The molecule has 0 radical (unpaired) electrons. The second kappa shape index (κ2) is 9.47. The number of hydrogen-bond donors (Lipinski definition) is 2. The van der Waals surface area contributed by atoms with Crippen molar-refractivity contribution in [2.75, 3.05) is 24.2 Å². The van der Waals surface area contributed by atoms with Crippen LogP contribution in [0.4, 0.5) is 11.4 Å². The zero-order valence-electron chi connectivity index (χ0n) is 15.8. The minimum Gasteiger partial charge on any atom is -0.340 e. The van der Waals surface area contributed by atoms with E-state index in [9.17, 15) is 14.4 Å². The Kier molecular flexibility index (Phi) is 7.05. The summed E-state index contributed by atoms with van der Waals surface area (Å²) in [7, 11) is 1.72. The van der Waals surface area contributed by atoms with E-state index >= 15 is 0 Å². The number of amides is 3. The van der Waals surface area contributed by atoms with Crippen molar-refractivity contribution in [3.8, 4) is 0 Å². The molecule has 2 rings (SSSR count). The van der Waals surface area contributed by atoms with Crippen LogP contribution < -0.4 is 10.6 Å². The Balaban J connectivity index is 2.11. The molecule has 0 saturated heterocycles. The van der Waals surface area contributed by atoms with Crippen LogP contribution in [0.3, 0.4) is 0 Å². The Bertz CT molecular complexity index is 835. The second-order valence-electron chi connectivity index (χ2n) is 6.20. The zero-order chi connectivity index (χ0) is 19.8. The first-order valence-electron chi connectivity index (χ1n) is 8.82. The number of pyridine rings is 1. The van der Waals surface area contributed by atoms with E-state index in [-0.39, 0.29) is 23.2 Å². The van der Waals surface area contributed by atoms with Crippen LogP contribution in [-0.2, 0) is 4.79 Å². The van der Waals surface area contributed by atoms with Crippen LogP contribution in [0.5, 0.6) is 0 Å². The average Bonchev–Trinajstić information content (AvgIpc) is 2.65. The summed E-state index contributed by atoms with van der Waals surface area (Å²) in [5.74, 6) is -0.842. The summed E-state index contributed by atoms with van der Waals surface area (Å²) in [6.07, 6.45) is 1.90. The molecular formula is C20H24N4O3. The molecule has 1 heterocycles. The minimum absolute atomic E-state index is 0.148. The Morgan fingerprint density at radius 3 is 2.30 bits per heavy atom. The fourth-order valence-corrected chi connectivity index (χ4v) is 2.45. The molecule has 7 heteroatoms. The average molecular weight is 368 g/mol. The van der Waals surface area contributed by atoms with Gasteiger partial charge in [-0.15, -0.1) is 0 Å². The molecule has 27 heavy (non-hydrogen) atoms. The lowest BCUT2D eigenvalue weighted by Gasteiger charge is -2.16. The molecule has 0 bridgehead atoms. The van der Waals surface area contributed by atoms with Crippen molar-refractivity contribution in [2.45, 2.75) is 26.7 Å². The first-order valence-corrected chi connectivity index (χ1v) is 8.82. The van der Waals surface area contributed by atoms with Crippen LogP contribution in [0.25, 0.3) is 0 Å². The fourth-order valence-electron chi connectivity index (χ4n) is 2.45. The van der Waals surface area contributed by atoms with Crippen molar-refractivity contribution in [3.63, 3.8) is 0 Å². The van der Waals surface area contributed by atoms with Crippen LogP contribution >= 0.6 is 0 Å². The van der Waals surface area contributed by atoms with E-state index in [1.807, 2.05) is 0 Å². The first kappa shape index (κ1) is 20.1. The number of rotatable bonds is 7. The molecule has 1 aromatic heterocycles. The molecule has 0 aliphatic heterocycles. The summed E-state index contributed by atoms with van der Waals surface area (Å²) in [6.45, 7) is 4.11. The number of benzene rings is 1. The van der Waals surface area contributed by atoms with Crippen molar-refractivity contribution in [2.24, 2.45) is 0 Å². The van der Waals surface area contributed by atoms with Crippen molar-refractivity contribution in [3.05, 3.63) is 53.9 Å². The molecule has 0 unspecified atom stereocenters. The van der Waals surface area contributed by atoms with Gasteiger partial charge in [0.2, 0.25) is 5.91 Å². The molecule has 0 atom stereocenters. The molecule has 0 fully saturated rings. The number of carbonyl (C=O) groups is 3. The lowest BCUT2D eigenvalue weighted by molar-refractivity contribution is -0.114. The van der Waals surface area contributed by atoms with Gasteiger partial charge >= 0.3 is 0 Å². The molecular weight excluding hydrogens is 344 g/mol. The van der Waals surface area contributed by atoms with Gasteiger partial charge in [0.1, 0.15) is 11.4 Å². The lowest BCUT2D eigenvalue weighted by Crippen LogP contribution is -2.29. The summed E-state index contributed by atoms with van der Waals surface area (Å²) in [4.78, 5) is 41.8. The van der Waals surface area contributed by atoms with Crippen molar-refractivity contribution >= 4 is 29.1 Å². The topological polar surface area (TPSA) is 91.4 Å². The maximum Gasteiger partial charge on any atom is 0.274 e. The normalized spacial score (nSPS) is 10.2. The molecule has 0 aliphatic carbocycles. The molecule has 2 aromatic rings. The Morgan fingerprint density at radius 2 is 1.63 bits per heavy atom. The smallest absolute Gasteiger partial charge is 0.274 e. The van der Waals surface area contributed by atoms with Gasteiger partial charge in [-0.1, -0.05) is 25.5 Å². The Labute approximate surface area is 158 Å². The van der Waals surface area contributed by atoms with Gasteiger partial charge in [0, 0.05) is 31.9 Å². The summed E-state index contributed by atoms with van der Waals surface area (Å²) in [5.41, 5.74) is 1.47. The molecule has 2 N–H and O–H groups in total. The van der Waals surface area contributed by atoms with E-state index in [4.69, 9.17) is 0 Å². The third-order valence-corrected chi connectivity index (χ3v) is 3.84. The molecule has 1 aromatic carbocycles. The lowest BCUT2D eigenvalue weighted by atomic mass is 10.2. The second-order valence-corrected chi connectivity index (χ2v) is 6.20. The first-order chi connectivity index (χ1) is 12.9. The quantitative estimate of drug-likeness (QED) is 0.785. The number of aromatic nitrogens is 1. The summed E-state index contributed by atoms with van der Waals surface area (Å²) >= 11 is 0. The van der Waals surface area contributed by atoms with Gasteiger partial charge in [-0.25, -0.2) is 4.98 Å². The van der Waals surface area contributed by atoms with Crippen molar-refractivity contribution in [1.82, 2.24) is 9.88 Å². The predicted octanol–water partition coefficient (Wildman–Crippen LogP) is 3.16. The highest BCUT2D eigenvalue weighted by Crippen LogP contribution is 2.16. The fraction of sp³-hybridized carbons (Fsp3) is 0.300. The van der Waals surface area contributed by atoms with Gasteiger partial charge in [-0.3, -0.25) is 14.4 Å². The van der Waals surface area contributed by atoms with Crippen LogP contribution in [0.2, 0.25) is 0 Å². The van der Waals surface area contributed by atoms with E-state index in [0.29, 0.717) is 17.9 Å². The molecule has 3 amide bonds. The van der Waals surface area contributed by atoms with E-state index in [0.717, 1.165) is 12.8 Å². The SMILES string of the molecule is CCCCN(C)C(=O)c1cccc(C(=O)Nc2cccc(NC(C)=O)c2)n1. The van der Waals surface area contributed by atoms with E-state index in [2.05, 4.69) is 22.5 Å². The number of nitrogens with zero attached hydrogens (tertiary/aromatic N) is 2. The molecule has 0 aliphatic rings. The predicted molar refractivity (Wildman–Crippen MR) is 105 cm³/mol. The minimum atomic E-state index is -0.430. The van der Waals surface area contributed by atoms with Crippen molar-refractivity contribution < 1.29 is 14.4 Å².